The Morgan fingerprint density at radius 2 is 2.35 bits per heavy atom. The van der Waals surface area contributed by atoms with Crippen molar-refractivity contribution in [1.29, 1.82) is 0 Å². The highest BCUT2D eigenvalue weighted by molar-refractivity contribution is 7.07. The van der Waals surface area contributed by atoms with Gasteiger partial charge >= 0.3 is 5.97 Å². The van der Waals surface area contributed by atoms with Crippen LogP contribution in [0, 0.1) is 0 Å². The molecule has 2 N–H and O–H groups in total. The molecule has 0 aliphatic rings. The number of hydrogen-bond acceptors (Lipinski definition) is 7. The average Bonchev–Trinajstić information content (AvgIpc) is 2.78. The van der Waals surface area contributed by atoms with Gasteiger partial charge in [0.2, 0.25) is 5.71 Å². The minimum absolute atomic E-state index is 0.194. The number of rotatable bonds is 5. The molecule has 1 unspecified atom stereocenters. The van der Waals surface area contributed by atoms with Crippen molar-refractivity contribution < 1.29 is 19.2 Å². The minimum Gasteiger partial charge on any atom is -0.431 e. The first kappa shape index (κ1) is 13.4. The third-order valence-corrected chi connectivity index (χ3v) is 2.38. The molecule has 17 heavy (non-hydrogen) atoms. The first-order chi connectivity index (χ1) is 8.06. The maximum atomic E-state index is 11.6. The molecule has 0 radical (unpaired) electrons. The zero-order valence-corrected chi connectivity index (χ0v) is 10.2. The van der Waals surface area contributed by atoms with Crippen molar-refractivity contribution in [3.63, 3.8) is 0 Å². The number of carbonyl (C=O) groups is 2. The number of nitrogens with zero attached hydrogens (tertiary/aromatic N) is 2. The summed E-state index contributed by atoms with van der Waals surface area (Å²) in [6.45, 7) is 0. The molecule has 0 saturated carbocycles. The zero-order valence-electron chi connectivity index (χ0n) is 8.62. The largest absolute Gasteiger partial charge is 0.431 e. The summed E-state index contributed by atoms with van der Waals surface area (Å²) in [5.74, 6) is -1.92. The molecule has 9 heteroatoms. The molecule has 0 aliphatic heterocycles. The van der Waals surface area contributed by atoms with Crippen LogP contribution in [0.4, 0.5) is 0 Å². The Bertz CT molecular complexity index is 434. The van der Waals surface area contributed by atoms with Gasteiger partial charge in [-0.15, -0.1) is 11.3 Å². The van der Waals surface area contributed by atoms with Gasteiger partial charge in [0.25, 0.3) is 11.5 Å². The second-order valence-corrected chi connectivity index (χ2v) is 3.73. The van der Waals surface area contributed by atoms with E-state index in [-0.39, 0.29) is 11.4 Å². The number of nitrogens with two attached hydrogens (primary N) is 1. The van der Waals surface area contributed by atoms with Crippen molar-refractivity contribution in [1.82, 2.24) is 4.98 Å². The van der Waals surface area contributed by atoms with Crippen LogP contribution >= 0.6 is 22.9 Å². The Hall–Kier alpha value is -1.67. The van der Waals surface area contributed by atoms with Gasteiger partial charge < -0.3 is 15.3 Å². The first-order valence-electron chi connectivity index (χ1n) is 4.20. The number of amides is 1. The first-order valence-corrected chi connectivity index (χ1v) is 5.58. The van der Waals surface area contributed by atoms with Gasteiger partial charge in [0, 0.05) is 5.38 Å². The van der Waals surface area contributed by atoms with E-state index in [4.69, 9.17) is 17.3 Å². The van der Waals surface area contributed by atoms with Gasteiger partial charge in [0.1, 0.15) is 12.8 Å². The number of alkyl halides is 1. The summed E-state index contributed by atoms with van der Waals surface area (Å²) in [5, 5.41) is 5.02. The van der Waals surface area contributed by atoms with Gasteiger partial charge in [-0.05, 0) is 0 Å². The van der Waals surface area contributed by atoms with Crippen LogP contribution in [-0.2, 0) is 19.2 Å². The van der Waals surface area contributed by atoms with Crippen molar-refractivity contribution in [2.75, 3.05) is 7.11 Å². The topological polar surface area (TPSA) is 104 Å². The lowest BCUT2D eigenvalue weighted by atomic mass is 10.3. The lowest BCUT2D eigenvalue weighted by Gasteiger charge is -2.07. The number of aromatic nitrogens is 1. The fraction of sp³-hybridized carbons (Fsp3) is 0.250. The lowest BCUT2D eigenvalue weighted by Crippen LogP contribution is -2.31. The molecule has 1 rings (SSSR count). The molecule has 1 aromatic rings. The molecule has 1 heterocycles. The summed E-state index contributed by atoms with van der Waals surface area (Å²) in [6.07, 6.45) is 0. The minimum atomic E-state index is -1.57. The smallest absolute Gasteiger partial charge is 0.364 e. The zero-order chi connectivity index (χ0) is 12.8. The Morgan fingerprint density at radius 1 is 1.65 bits per heavy atom. The van der Waals surface area contributed by atoms with E-state index in [0.717, 1.165) is 0 Å². The molecule has 0 spiro atoms. The van der Waals surface area contributed by atoms with Crippen LogP contribution < -0.4 is 5.73 Å². The summed E-state index contributed by atoms with van der Waals surface area (Å²) < 4.78 is 4.56. The van der Waals surface area contributed by atoms with E-state index in [2.05, 4.69) is 19.7 Å². The van der Waals surface area contributed by atoms with E-state index in [0.29, 0.717) is 0 Å². The summed E-state index contributed by atoms with van der Waals surface area (Å²) in [4.78, 5) is 30.6. The van der Waals surface area contributed by atoms with Crippen LogP contribution in [0.15, 0.2) is 16.0 Å². The summed E-state index contributed by atoms with van der Waals surface area (Å²) >= 11 is 6.64. The molecule has 0 aromatic carbocycles. The highest BCUT2D eigenvalue weighted by Crippen LogP contribution is 2.07. The van der Waals surface area contributed by atoms with E-state index in [1.165, 1.54) is 24.0 Å². The summed E-state index contributed by atoms with van der Waals surface area (Å²) in [5.41, 5.74) is 4.84. The van der Waals surface area contributed by atoms with Crippen LogP contribution in [-0.4, -0.2) is 35.2 Å². The molecule has 1 amide bonds. The number of primary amides is 1. The average molecular weight is 278 g/mol. The van der Waals surface area contributed by atoms with Gasteiger partial charge in [-0.25, -0.2) is 9.78 Å². The molecule has 0 aliphatic carbocycles. The van der Waals surface area contributed by atoms with Crippen molar-refractivity contribution in [3.8, 4) is 0 Å². The Labute approximate surface area is 105 Å². The van der Waals surface area contributed by atoms with Gasteiger partial charge in [-0.1, -0.05) is 16.8 Å². The van der Waals surface area contributed by atoms with E-state index < -0.39 is 17.4 Å². The predicted molar refractivity (Wildman–Crippen MR) is 60.6 cm³/mol. The third-order valence-electron chi connectivity index (χ3n) is 1.49. The van der Waals surface area contributed by atoms with E-state index in [1.54, 1.807) is 5.38 Å². The number of oxime groups is 1. The fourth-order valence-corrected chi connectivity index (χ4v) is 1.43. The molecular weight excluding hydrogens is 270 g/mol. The molecule has 1 aromatic heterocycles. The SMILES string of the molecule is CON=C(C(=O)OC(Cl)C(N)=O)c1cscn1. The highest BCUT2D eigenvalue weighted by atomic mass is 35.5. The maximum Gasteiger partial charge on any atom is 0.364 e. The standard InChI is InChI=1S/C8H8ClN3O4S/c1-15-12-5(4-2-17-3-11-4)8(14)16-6(9)7(10)13/h2-3,6H,1H3,(H2,10,13). The number of thiazole rings is 1. The molecule has 7 nitrogen and oxygen atoms in total. The number of halogens is 1. The van der Waals surface area contributed by atoms with Crippen LogP contribution in [0.1, 0.15) is 5.69 Å². The third kappa shape index (κ3) is 3.68. The molecule has 1 atom stereocenters. The fourth-order valence-electron chi connectivity index (χ4n) is 0.817. The van der Waals surface area contributed by atoms with Crippen LogP contribution in [0.25, 0.3) is 0 Å². The quantitative estimate of drug-likeness (QED) is 0.355. The van der Waals surface area contributed by atoms with Gasteiger partial charge in [0.05, 0.1) is 5.51 Å². The summed E-state index contributed by atoms with van der Waals surface area (Å²) in [6, 6.07) is 0. The summed E-state index contributed by atoms with van der Waals surface area (Å²) in [7, 11) is 1.26. The van der Waals surface area contributed by atoms with Crippen LogP contribution in [0.5, 0.6) is 0 Å². The second-order valence-electron chi connectivity index (χ2n) is 2.62. The van der Waals surface area contributed by atoms with Crippen molar-refractivity contribution in [3.05, 3.63) is 16.6 Å². The van der Waals surface area contributed by atoms with Gasteiger partial charge in [-0.2, -0.15) is 0 Å². The number of ether oxygens (including phenoxy) is 1. The second kappa shape index (κ2) is 6.16. The van der Waals surface area contributed by atoms with Gasteiger partial charge in [0.15, 0.2) is 0 Å². The molecular formula is C8H8ClN3O4S. The normalized spacial score (nSPS) is 12.9. The maximum absolute atomic E-state index is 11.6. The Kier molecular flexibility index (Phi) is 4.85. The molecule has 0 bridgehead atoms. The number of esters is 1. The lowest BCUT2D eigenvalue weighted by molar-refractivity contribution is -0.143. The number of hydrogen-bond donors (Lipinski definition) is 1. The number of carbonyl (C=O) groups excluding carboxylic acids is 2. The Morgan fingerprint density at radius 3 is 2.82 bits per heavy atom. The van der Waals surface area contributed by atoms with E-state index >= 15 is 0 Å². The van der Waals surface area contributed by atoms with Crippen molar-refractivity contribution in [2.24, 2.45) is 10.9 Å². The molecule has 0 fully saturated rings. The molecule has 92 valence electrons. The van der Waals surface area contributed by atoms with Gasteiger partial charge in [-0.3, -0.25) is 4.79 Å². The monoisotopic (exact) mass is 277 g/mol. The predicted octanol–water partition coefficient (Wildman–Crippen LogP) is 0.0870. The highest BCUT2D eigenvalue weighted by Gasteiger charge is 2.24. The van der Waals surface area contributed by atoms with Crippen molar-refractivity contribution in [2.45, 2.75) is 5.56 Å². The van der Waals surface area contributed by atoms with Crippen molar-refractivity contribution >= 4 is 40.5 Å². The van der Waals surface area contributed by atoms with E-state index in [9.17, 15) is 9.59 Å². The van der Waals surface area contributed by atoms with E-state index in [1.807, 2.05) is 0 Å². The van der Waals surface area contributed by atoms with Crippen LogP contribution in [0.3, 0.4) is 0 Å². The molecule has 0 saturated heterocycles. The Balaban J connectivity index is 2.83. The van der Waals surface area contributed by atoms with Crippen LogP contribution in [0.2, 0.25) is 0 Å².